The molecule has 0 radical (unpaired) electrons. The highest BCUT2D eigenvalue weighted by Gasteiger charge is 2.50. The van der Waals surface area contributed by atoms with E-state index in [-0.39, 0.29) is 30.3 Å². The first-order valence-electron chi connectivity index (χ1n) is 11.9. The first kappa shape index (κ1) is 22.4. The summed E-state index contributed by atoms with van der Waals surface area (Å²) in [4.78, 5) is 14.9. The zero-order valence-electron chi connectivity index (χ0n) is 20.0. The highest BCUT2D eigenvalue weighted by Crippen LogP contribution is 2.36. The van der Waals surface area contributed by atoms with Gasteiger partial charge >= 0.3 is 6.03 Å². The van der Waals surface area contributed by atoms with Gasteiger partial charge in [-0.3, -0.25) is 0 Å². The molecule has 2 fully saturated rings. The van der Waals surface area contributed by atoms with Crippen LogP contribution in [0.3, 0.4) is 0 Å². The van der Waals surface area contributed by atoms with Crippen LogP contribution in [0.15, 0.2) is 66.7 Å². The number of tetrazole rings is 1. The van der Waals surface area contributed by atoms with Crippen molar-refractivity contribution in [2.24, 2.45) is 0 Å². The second-order valence-corrected chi connectivity index (χ2v) is 9.28. The first-order chi connectivity index (χ1) is 17.6. The van der Waals surface area contributed by atoms with Crippen LogP contribution >= 0.6 is 0 Å². The number of urea groups is 1. The van der Waals surface area contributed by atoms with Crippen LogP contribution in [0.5, 0.6) is 0 Å². The number of nitrogens with one attached hydrogen (secondary N) is 2. The van der Waals surface area contributed by atoms with Crippen LogP contribution in [0, 0.1) is 0 Å². The number of amides is 2. The number of carbonyl (C=O) groups excluding carboxylic acids is 1. The Labute approximate surface area is 208 Å². The summed E-state index contributed by atoms with van der Waals surface area (Å²) in [5.74, 6) is 0.656. The number of benzene rings is 3. The molecular formula is C26H27N7O3. The van der Waals surface area contributed by atoms with Crippen molar-refractivity contribution in [3.05, 3.63) is 66.7 Å². The number of hydrogen-bond acceptors (Lipinski definition) is 7. The SMILES string of the molecule is CN(C)c1ccc(-c2nnnn2[C@H]2CO[C@H]3[C@@H]2OC[C@@H]3NC(=O)Nc2cccc3ccccc23)cc1. The molecule has 6 rings (SSSR count). The van der Waals surface area contributed by atoms with E-state index in [0.29, 0.717) is 19.0 Å². The summed E-state index contributed by atoms with van der Waals surface area (Å²) in [5.41, 5.74) is 2.76. The number of aromatic nitrogens is 4. The molecule has 0 aliphatic carbocycles. The molecule has 0 spiro atoms. The van der Waals surface area contributed by atoms with Crippen molar-refractivity contribution in [2.45, 2.75) is 24.3 Å². The van der Waals surface area contributed by atoms with Crippen LogP contribution in [0.25, 0.3) is 22.2 Å². The third-order valence-corrected chi connectivity index (χ3v) is 6.83. The Balaban J connectivity index is 1.15. The molecule has 0 unspecified atom stereocenters. The molecule has 2 aliphatic heterocycles. The summed E-state index contributed by atoms with van der Waals surface area (Å²) in [5, 5.41) is 20.5. The maximum atomic E-state index is 12.9. The van der Waals surface area contributed by atoms with E-state index in [4.69, 9.17) is 9.47 Å². The van der Waals surface area contributed by atoms with Crippen LogP contribution in [-0.2, 0) is 9.47 Å². The summed E-state index contributed by atoms with van der Waals surface area (Å²) < 4.78 is 14.0. The van der Waals surface area contributed by atoms with E-state index >= 15 is 0 Å². The van der Waals surface area contributed by atoms with Gasteiger partial charge in [-0.1, -0.05) is 36.4 Å². The number of nitrogens with zero attached hydrogens (tertiary/aromatic N) is 5. The summed E-state index contributed by atoms with van der Waals surface area (Å²) in [7, 11) is 4.00. The first-order valence-corrected chi connectivity index (χ1v) is 11.9. The number of rotatable bonds is 5. The fourth-order valence-corrected chi connectivity index (χ4v) is 4.99. The van der Waals surface area contributed by atoms with Crippen molar-refractivity contribution in [3.8, 4) is 11.4 Å². The smallest absolute Gasteiger partial charge is 0.319 e. The maximum Gasteiger partial charge on any atom is 0.319 e. The number of carbonyl (C=O) groups is 1. The molecule has 4 atom stereocenters. The van der Waals surface area contributed by atoms with E-state index in [1.54, 1.807) is 4.68 Å². The number of anilines is 2. The lowest BCUT2D eigenvalue weighted by atomic mass is 10.1. The average molecular weight is 486 g/mol. The molecule has 0 saturated carbocycles. The molecular weight excluding hydrogens is 458 g/mol. The normalized spacial score (nSPS) is 22.9. The molecule has 36 heavy (non-hydrogen) atoms. The Morgan fingerprint density at radius 1 is 0.972 bits per heavy atom. The monoisotopic (exact) mass is 485 g/mol. The topological polar surface area (TPSA) is 106 Å². The summed E-state index contributed by atoms with van der Waals surface area (Å²) in [6.45, 7) is 0.746. The number of hydrogen-bond donors (Lipinski definition) is 2. The van der Waals surface area contributed by atoms with E-state index in [0.717, 1.165) is 27.7 Å². The Hall–Kier alpha value is -4.02. The molecule has 184 valence electrons. The van der Waals surface area contributed by atoms with E-state index in [1.807, 2.05) is 85.7 Å². The fourth-order valence-electron chi connectivity index (χ4n) is 4.99. The van der Waals surface area contributed by atoms with Crippen molar-refractivity contribution in [1.82, 2.24) is 25.5 Å². The van der Waals surface area contributed by atoms with E-state index in [2.05, 4.69) is 26.2 Å². The standard InChI is InChI=1S/C26H27N7O3/c1-32(2)18-12-10-17(11-13-18)25-29-30-31-33(25)22-15-36-23-21(14-35-24(22)23)28-26(34)27-20-9-5-7-16-6-3-4-8-19(16)20/h3-13,21-24H,14-15H2,1-2H3,(H2,27,28,34)/t21-,22-,23+,24+/m0/s1. The van der Waals surface area contributed by atoms with Crippen LogP contribution in [0.4, 0.5) is 16.2 Å². The Morgan fingerprint density at radius 3 is 2.58 bits per heavy atom. The number of ether oxygens (including phenoxy) is 2. The molecule has 2 aliphatic rings. The number of fused-ring (bicyclic) bond motifs is 2. The van der Waals surface area contributed by atoms with Crippen molar-refractivity contribution in [1.29, 1.82) is 0 Å². The predicted molar refractivity (Wildman–Crippen MR) is 136 cm³/mol. The lowest BCUT2D eigenvalue weighted by Gasteiger charge is -2.19. The molecule has 0 bridgehead atoms. The van der Waals surface area contributed by atoms with Crippen LogP contribution in [0.2, 0.25) is 0 Å². The lowest BCUT2D eigenvalue weighted by Crippen LogP contribution is -2.45. The van der Waals surface area contributed by atoms with Crippen molar-refractivity contribution in [3.63, 3.8) is 0 Å². The largest absolute Gasteiger partial charge is 0.378 e. The van der Waals surface area contributed by atoms with Gasteiger partial charge in [0.25, 0.3) is 0 Å². The second-order valence-electron chi connectivity index (χ2n) is 9.28. The molecule has 2 saturated heterocycles. The summed E-state index contributed by atoms with van der Waals surface area (Å²) in [6, 6.07) is 21.1. The van der Waals surface area contributed by atoms with E-state index in [1.165, 1.54) is 0 Å². The minimum absolute atomic E-state index is 0.193. The van der Waals surface area contributed by atoms with Gasteiger partial charge in [0.1, 0.15) is 18.2 Å². The molecule has 2 N–H and O–H groups in total. The Bertz CT molecular complexity index is 1380. The van der Waals surface area contributed by atoms with Crippen LogP contribution < -0.4 is 15.5 Å². The minimum atomic E-state index is -0.295. The van der Waals surface area contributed by atoms with Crippen LogP contribution in [0.1, 0.15) is 6.04 Å². The highest BCUT2D eigenvalue weighted by molar-refractivity contribution is 6.01. The van der Waals surface area contributed by atoms with Gasteiger partial charge < -0.3 is 25.0 Å². The van der Waals surface area contributed by atoms with Crippen molar-refractivity contribution >= 4 is 28.2 Å². The van der Waals surface area contributed by atoms with E-state index < -0.39 is 0 Å². The van der Waals surface area contributed by atoms with Gasteiger partial charge in [0.2, 0.25) is 0 Å². The molecule has 2 amide bonds. The molecule has 1 aromatic heterocycles. The third-order valence-electron chi connectivity index (χ3n) is 6.83. The van der Waals surface area contributed by atoms with Gasteiger partial charge in [-0.15, -0.1) is 5.10 Å². The second kappa shape index (κ2) is 9.21. The fraction of sp³-hybridized carbons (Fsp3) is 0.308. The third kappa shape index (κ3) is 4.04. The highest BCUT2D eigenvalue weighted by atomic mass is 16.6. The maximum absolute atomic E-state index is 12.9. The van der Waals surface area contributed by atoms with Gasteiger partial charge in [-0.2, -0.15) is 0 Å². The zero-order chi connectivity index (χ0) is 24.6. The predicted octanol–water partition coefficient (Wildman–Crippen LogP) is 3.09. The average Bonchev–Trinajstić information content (AvgIpc) is 3.62. The molecule has 10 heteroatoms. The minimum Gasteiger partial charge on any atom is -0.378 e. The Morgan fingerprint density at radius 2 is 1.75 bits per heavy atom. The van der Waals surface area contributed by atoms with Gasteiger partial charge in [0, 0.05) is 30.7 Å². The van der Waals surface area contributed by atoms with Gasteiger partial charge in [-0.05, 0) is 46.1 Å². The lowest BCUT2D eigenvalue weighted by molar-refractivity contribution is 0.0624. The van der Waals surface area contributed by atoms with E-state index in [9.17, 15) is 4.79 Å². The van der Waals surface area contributed by atoms with Gasteiger partial charge in [-0.25, -0.2) is 9.48 Å². The van der Waals surface area contributed by atoms with Crippen molar-refractivity contribution in [2.75, 3.05) is 37.5 Å². The molecule has 3 heterocycles. The summed E-state index contributed by atoms with van der Waals surface area (Å²) >= 11 is 0. The molecule has 3 aromatic carbocycles. The zero-order valence-corrected chi connectivity index (χ0v) is 20.0. The molecule has 10 nitrogen and oxygen atoms in total. The van der Waals surface area contributed by atoms with Gasteiger partial charge in [0.15, 0.2) is 5.82 Å². The van der Waals surface area contributed by atoms with Crippen LogP contribution in [-0.4, -0.2) is 71.8 Å². The van der Waals surface area contributed by atoms with Gasteiger partial charge in [0.05, 0.1) is 24.9 Å². The Kier molecular flexibility index (Phi) is 5.74. The van der Waals surface area contributed by atoms with Crippen molar-refractivity contribution < 1.29 is 14.3 Å². The summed E-state index contributed by atoms with van der Waals surface area (Å²) in [6.07, 6.45) is -0.558. The quantitative estimate of drug-likeness (QED) is 0.447. The molecule has 4 aromatic rings.